The number of aromatic hydroxyl groups is 1. The summed E-state index contributed by atoms with van der Waals surface area (Å²) in [5.41, 5.74) is 1.71. The predicted molar refractivity (Wildman–Crippen MR) is 99.6 cm³/mol. The van der Waals surface area contributed by atoms with E-state index in [-0.39, 0.29) is 29.1 Å². The monoisotopic (exact) mass is 387 g/mol. The third kappa shape index (κ3) is 3.63. The van der Waals surface area contributed by atoms with Gasteiger partial charge in [0.15, 0.2) is 0 Å². The van der Waals surface area contributed by atoms with Crippen molar-refractivity contribution in [3.05, 3.63) is 71.3 Å². The molecule has 1 fully saturated rings. The van der Waals surface area contributed by atoms with E-state index in [2.05, 4.69) is 0 Å². The lowest BCUT2D eigenvalue weighted by Crippen LogP contribution is -2.36. The average Bonchev–Trinajstić information content (AvgIpc) is 3.48. The van der Waals surface area contributed by atoms with Crippen LogP contribution in [-0.2, 0) is 11.0 Å². The molecule has 28 heavy (non-hydrogen) atoms. The number of carbonyl (C=O) groups excluding carboxylic acids is 1. The summed E-state index contributed by atoms with van der Waals surface area (Å²) in [5.74, 6) is -0.584. The number of hydrogen-bond donors (Lipinski definition) is 1. The van der Waals surface area contributed by atoms with Crippen LogP contribution in [0.15, 0.2) is 54.6 Å². The van der Waals surface area contributed by atoms with E-state index in [9.17, 15) is 23.1 Å². The van der Waals surface area contributed by atoms with Crippen molar-refractivity contribution in [1.29, 1.82) is 0 Å². The fraction of sp³-hybridized carbons (Fsp3) is 0.318. The van der Waals surface area contributed by atoms with E-state index in [4.69, 9.17) is 0 Å². The molecule has 6 heteroatoms. The van der Waals surface area contributed by atoms with Crippen molar-refractivity contribution in [2.45, 2.75) is 24.9 Å². The third-order valence-electron chi connectivity index (χ3n) is 5.53. The van der Waals surface area contributed by atoms with Crippen LogP contribution in [0.5, 0.6) is 5.75 Å². The second kappa shape index (κ2) is 7.00. The molecule has 0 spiro atoms. The molecular formula is C22H20F3NO2. The van der Waals surface area contributed by atoms with E-state index < -0.39 is 11.7 Å². The second-order valence-electron chi connectivity index (χ2n) is 7.34. The van der Waals surface area contributed by atoms with Gasteiger partial charge in [-0.3, -0.25) is 4.79 Å². The highest BCUT2D eigenvalue weighted by atomic mass is 19.4. The fourth-order valence-corrected chi connectivity index (χ4v) is 3.93. The molecule has 2 aromatic carbocycles. The van der Waals surface area contributed by atoms with Gasteiger partial charge in [0.1, 0.15) is 5.75 Å². The van der Waals surface area contributed by atoms with Crippen LogP contribution in [0, 0.1) is 5.92 Å². The number of phenols is 1. The zero-order chi connectivity index (χ0) is 19.9. The molecule has 0 radical (unpaired) electrons. The minimum Gasteiger partial charge on any atom is -0.508 e. The maximum atomic E-state index is 13.2. The van der Waals surface area contributed by atoms with Crippen molar-refractivity contribution >= 4 is 11.5 Å². The maximum absolute atomic E-state index is 13.2. The minimum absolute atomic E-state index is 0.0667. The van der Waals surface area contributed by atoms with Crippen molar-refractivity contribution < 1.29 is 23.1 Å². The molecule has 0 bridgehead atoms. The number of benzene rings is 2. The molecule has 2 atom stereocenters. The van der Waals surface area contributed by atoms with Gasteiger partial charge in [-0.15, -0.1) is 0 Å². The first-order valence-corrected chi connectivity index (χ1v) is 9.28. The van der Waals surface area contributed by atoms with Crippen molar-refractivity contribution in [3.8, 4) is 5.75 Å². The number of hydrogen-bond acceptors (Lipinski definition) is 2. The fourth-order valence-electron chi connectivity index (χ4n) is 3.93. The molecule has 1 N–H and O–H groups in total. The number of halogens is 3. The zero-order valence-electron chi connectivity index (χ0n) is 15.1. The summed E-state index contributed by atoms with van der Waals surface area (Å²) < 4.78 is 39.7. The molecule has 1 heterocycles. The molecule has 1 saturated carbocycles. The van der Waals surface area contributed by atoms with E-state index in [1.807, 2.05) is 18.2 Å². The van der Waals surface area contributed by atoms with Crippen LogP contribution >= 0.6 is 0 Å². The summed E-state index contributed by atoms with van der Waals surface area (Å²) >= 11 is 0. The van der Waals surface area contributed by atoms with Crippen molar-refractivity contribution in [3.63, 3.8) is 0 Å². The van der Waals surface area contributed by atoms with Gasteiger partial charge in [0.2, 0.25) is 5.91 Å². The Morgan fingerprint density at radius 2 is 1.79 bits per heavy atom. The van der Waals surface area contributed by atoms with Crippen LogP contribution in [0.3, 0.4) is 0 Å². The predicted octanol–water partition coefficient (Wildman–Crippen LogP) is 4.83. The largest absolute Gasteiger partial charge is 0.508 e. The lowest BCUT2D eigenvalue weighted by atomic mass is 9.98. The van der Waals surface area contributed by atoms with Gasteiger partial charge in [-0.2, -0.15) is 13.2 Å². The summed E-state index contributed by atoms with van der Waals surface area (Å²) in [6, 6.07) is 12.5. The van der Waals surface area contributed by atoms with E-state index in [0.717, 1.165) is 17.2 Å². The summed E-state index contributed by atoms with van der Waals surface area (Å²) in [6.07, 6.45) is -1.27. The van der Waals surface area contributed by atoms with Crippen LogP contribution < -0.4 is 0 Å². The Balaban J connectivity index is 1.43. The molecule has 0 aromatic heterocycles. The molecule has 1 aliphatic heterocycles. The standard InChI is InChI=1S/C22H20F3NO2/c23-22(24,25)20-4-2-1-3-17(20)18-13-19(18)21(28)26-11-9-15(10-12-26)14-5-7-16(27)8-6-14/h1-9,18-19,27H,10-13H2/t18-,19-/m0/s1. The summed E-state index contributed by atoms with van der Waals surface area (Å²) in [4.78, 5) is 14.5. The number of phenolic OH excluding ortho intramolecular Hbond substituents is 1. The van der Waals surface area contributed by atoms with Crippen molar-refractivity contribution in [1.82, 2.24) is 4.90 Å². The zero-order valence-corrected chi connectivity index (χ0v) is 15.1. The van der Waals surface area contributed by atoms with E-state index in [1.165, 1.54) is 12.1 Å². The van der Waals surface area contributed by atoms with Gasteiger partial charge in [-0.1, -0.05) is 36.4 Å². The van der Waals surface area contributed by atoms with Crippen LogP contribution in [0.25, 0.3) is 5.57 Å². The first kappa shape index (κ1) is 18.6. The first-order chi connectivity index (χ1) is 13.3. The van der Waals surface area contributed by atoms with Gasteiger partial charge in [0.25, 0.3) is 0 Å². The second-order valence-corrected chi connectivity index (χ2v) is 7.34. The smallest absolute Gasteiger partial charge is 0.416 e. The third-order valence-corrected chi connectivity index (χ3v) is 5.53. The van der Waals surface area contributed by atoms with Gasteiger partial charge in [-0.05, 0) is 53.7 Å². The average molecular weight is 387 g/mol. The Morgan fingerprint density at radius 3 is 2.43 bits per heavy atom. The van der Waals surface area contributed by atoms with Gasteiger partial charge in [0, 0.05) is 19.0 Å². The van der Waals surface area contributed by atoms with Gasteiger partial charge >= 0.3 is 6.18 Å². The molecule has 1 amide bonds. The molecule has 146 valence electrons. The summed E-state index contributed by atoms with van der Waals surface area (Å²) in [6.45, 7) is 1.01. The maximum Gasteiger partial charge on any atom is 0.416 e. The highest BCUT2D eigenvalue weighted by Gasteiger charge is 2.49. The van der Waals surface area contributed by atoms with Gasteiger partial charge < -0.3 is 10.0 Å². The van der Waals surface area contributed by atoms with Gasteiger partial charge in [0.05, 0.1) is 5.56 Å². The Labute approximate surface area is 161 Å². The van der Waals surface area contributed by atoms with Crippen LogP contribution in [0.4, 0.5) is 13.2 Å². The molecule has 3 nitrogen and oxygen atoms in total. The van der Waals surface area contributed by atoms with Crippen molar-refractivity contribution in [2.24, 2.45) is 5.92 Å². The lowest BCUT2D eigenvalue weighted by molar-refractivity contribution is -0.138. The Kier molecular flexibility index (Phi) is 4.65. The number of carbonyl (C=O) groups is 1. The summed E-state index contributed by atoms with van der Waals surface area (Å²) in [5, 5.41) is 9.38. The van der Waals surface area contributed by atoms with E-state index >= 15 is 0 Å². The molecular weight excluding hydrogens is 367 g/mol. The molecule has 1 aliphatic carbocycles. The van der Waals surface area contributed by atoms with Crippen LogP contribution in [0.1, 0.15) is 35.4 Å². The van der Waals surface area contributed by atoms with Crippen LogP contribution in [-0.4, -0.2) is 29.0 Å². The molecule has 2 aromatic rings. The molecule has 2 aliphatic rings. The highest BCUT2D eigenvalue weighted by molar-refractivity contribution is 5.84. The van der Waals surface area contributed by atoms with Crippen molar-refractivity contribution in [2.75, 3.05) is 13.1 Å². The Bertz CT molecular complexity index is 918. The molecule has 0 unspecified atom stereocenters. The number of rotatable bonds is 3. The quantitative estimate of drug-likeness (QED) is 0.820. The Morgan fingerprint density at radius 1 is 1.07 bits per heavy atom. The molecule has 4 rings (SSSR count). The lowest BCUT2D eigenvalue weighted by Gasteiger charge is -2.27. The van der Waals surface area contributed by atoms with E-state index in [1.54, 1.807) is 23.1 Å². The molecule has 0 saturated heterocycles. The van der Waals surface area contributed by atoms with E-state index in [0.29, 0.717) is 25.9 Å². The topological polar surface area (TPSA) is 40.5 Å². The number of nitrogens with zero attached hydrogens (tertiary/aromatic N) is 1. The Hall–Kier alpha value is -2.76. The minimum atomic E-state index is -4.40. The summed E-state index contributed by atoms with van der Waals surface area (Å²) in [7, 11) is 0. The SMILES string of the molecule is O=C([C@H]1C[C@H]1c1ccccc1C(F)(F)F)N1CC=C(c2ccc(O)cc2)CC1. The van der Waals surface area contributed by atoms with Gasteiger partial charge in [-0.25, -0.2) is 0 Å². The normalized spacial score (nSPS) is 22.0. The highest BCUT2D eigenvalue weighted by Crippen LogP contribution is 2.51. The van der Waals surface area contributed by atoms with Crippen LogP contribution in [0.2, 0.25) is 0 Å². The number of amides is 1. The first-order valence-electron chi connectivity index (χ1n) is 9.28. The number of alkyl halides is 3.